The van der Waals surface area contributed by atoms with Crippen LogP contribution >= 0.6 is 46.4 Å². The maximum absolute atomic E-state index is 11.3. The topological polar surface area (TPSA) is 29.1 Å². The molecule has 2 rings (SSSR count). The molecule has 0 saturated carbocycles. The molecule has 1 heterocycles. The van der Waals surface area contributed by atoms with Crippen LogP contribution in [0.5, 0.6) is 0 Å². The van der Waals surface area contributed by atoms with E-state index in [1.807, 2.05) is 0 Å². The normalized spacial score (nSPS) is 14.1. The first-order chi connectivity index (χ1) is 6.54. The summed E-state index contributed by atoms with van der Waals surface area (Å²) < 4.78 is 0. The van der Waals surface area contributed by atoms with E-state index < -0.39 is 0 Å². The molecule has 1 aromatic carbocycles. The van der Waals surface area contributed by atoms with Crippen molar-refractivity contribution in [2.75, 3.05) is 0 Å². The van der Waals surface area contributed by atoms with Gasteiger partial charge in [0, 0.05) is 5.56 Å². The fraction of sp³-hybridized carbons (Fsp3) is 0. The van der Waals surface area contributed by atoms with Gasteiger partial charge in [-0.1, -0.05) is 46.4 Å². The molecule has 2 radical (unpaired) electrons. The lowest BCUT2D eigenvalue weighted by Gasteiger charge is -2.06. The van der Waals surface area contributed by atoms with E-state index in [9.17, 15) is 4.79 Å². The highest BCUT2D eigenvalue weighted by Gasteiger charge is 2.29. The lowest BCUT2D eigenvalue weighted by Crippen LogP contribution is -2.11. The van der Waals surface area contributed by atoms with Crippen molar-refractivity contribution in [2.45, 2.75) is 0 Å². The van der Waals surface area contributed by atoms with Crippen LogP contribution < -0.4 is 5.32 Å². The van der Waals surface area contributed by atoms with Crippen LogP contribution in [-0.4, -0.2) is 5.91 Å². The highest BCUT2D eigenvalue weighted by Crippen LogP contribution is 2.43. The summed E-state index contributed by atoms with van der Waals surface area (Å²) in [4.78, 5) is 11.3. The number of carbonyl (C=O) groups excluding carboxylic acids is 1. The molecule has 6 heteroatoms. The van der Waals surface area contributed by atoms with E-state index in [4.69, 9.17) is 46.4 Å². The van der Waals surface area contributed by atoms with Gasteiger partial charge in [0.05, 0.1) is 25.7 Å². The summed E-state index contributed by atoms with van der Waals surface area (Å²) in [5.41, 5.74) is 0.571. The van der Waals surface area contributed by atoms with Crippen molar-refractivity contribution >= 4 is 52.3 Å². The van der Waals surface area contributed by atoms with Gasteiger partial charge < -0.3 is 5.32 Å². The van der Waals surface area contributed by atoms with Gasteiger partial charge in [-0.15, -0.1) is 0 Å². The van der Waals surface area contributed by atoms with Crippen molar-refractivity contribution in [1.29, 1.82) is 0 Å². The average molecular weight is 269 g/mol. The van der Waals surface area contributed by atoms with E-state index in [0.717, 1.165) is 0 Å². The first-order valence-corrected chi connectivity index (χ1v) is 4.97. The number of benzene rings is 1. The molecule has 0 aliphatic carbocycles. The van der Waals surface area contributed by atoms with Crippen LogP contribution in [0, 0.1) is 6.54 Å². The molecule has 0 atom stereocenters. The molecule has 14 heavy (non-hydrogen) atoms. The van der Waals surface area contributed by atoms with Crippen LogP contribution in [0.3, 0.4) is 0 Å². The summed E-state index contributed by atoms with van der Waals surface area (Å²) in [7, 11) is 0. The first-order valence-electron chi connectivity index (χ1n) is 3.46. The van der Waals surface area contributed by atoms with E-state index in [2.05, 4.69) is 11.9 Å². The van der Waals surface area contributed by atoms with Crippen molar-refractivity contribution < 1.29 is 4.79 Å². The largest absolute Gasteiger partial charge is 0.337 e. The molecule has 0 aromatic heterocycles. The molecule has 1 aliphatic heterocycles. The Bertz CT molecular complexity index is 444. The Balaban J connectivity index is 2.84. The van der Waals surface area contributed by atoms with Crippen LogP contribution in [0.4, 0.5) is 0 Å². The molecular formula is C8HCl4NO. The first kappa shape index (κ1) is 10.4. The number of halogens is 4. The van der Waals surface area contributed by atoms with Crippen molar-refractivity contribution in [3.8, 4) is 0 Å². The smallest absolute Gasteiger partial charge is 0.254 e. The van der Waals surface area contributed by atoms with Crippen LogP contribution in [0.25, 0.3) is 0 Å². The van der Waals surface area contributed by atoms with E-state index in [-0.39, 0.29) is 31.6 Å². The molecule has 0 unspecified atom stereocenters. The van der Waals surface area contributed by atoms with Crippen LogP contribution in [0.2, 0.25) is 20.1 Å². The zero-order valence-electron chi connectivity index (χ0n) is 6.42. The van der Waals surface area contributed by atoms with Crippen LogP contribution in [-0.2, 0) is 0 Å². The van der Waals surface area contributed by atoms with Gasteiger partial charge in [0.1, 0.15) is 6.54 Å². The minimum Gasteiger partial charge on any atom is -0.337 e. The monoisotopic (exact) mass is 267 g/mol. The fourth-order valence-corrected chi connectivity index (χ4v) is 2.13. The quantitative estimate of drug-likeness (QED) is 0.567. The average Bonchev–Trinajstić information content (AvgIpc) is 2.54. The highest BCUT2D eigenvalue weighted by atomic mass is 35.5. The Morgan fingerprint density at radius 1 is 0.929 bits per heavy atom. The maximum atomic E-state index is 11.3. The Kier molecular flexibility index (Phi) is 2.56. The molecule has 2 nitrogen and oxygen atoms in total. The minimum absolute atomic E-state index is 0.0796. The second-order valence-electron chi connectivity index (χ2n) is 2.59. The molecule has 0 bridgehead atoms. The molecule has 1 amide bonds. The predicted molar refractivity (Wildman–Crippen MR) is 56.3 cm³/mol. The molecule has 1 aliphatic rings. The standard InChI is InChI=1S/C8HCl4NO/c9-4-2-1-13-8(14)3(2)5(10)7(12)6(4)11/h(H,13,14). The van der Waals surface area contributed by atoms with Crippen molar-refractivity contribution in [3.05, 3.63) is 37.8 Å². The van der Waals surface area contributed by atoms with E-state index in [1.54, 1.807) is 0 Å². The molecule has 1 N–H and O–H groups in total. The van der Waals surface area contributed by atoms with Crippen LogP contribution in [0.1, 0.15) is 15.9 Å². The van der Waals surface area contributed by atoms with Gasteiger partial charge >= 0.3 is 0 Å². The van der Waals surface area contributed by atoms with E-state index in [0.29, 0.717) is 5.56 Å². The number of amides is 1. The number of hydrogen-bond acceptors (Lipinski definition) is 1. The van der Waals surface area contributed by atoms with Crippen molar-refractivity contribution in [3.63, 3.8) is 0 Å². The zero-order valence-corrected chi connectivity index (χ0v) is 9.44. The molecule has 0 saturated heterocycles. The fourth-order valence-electron chi connectivity index (χ4n) is 1.14. The van der Waals surface area contributed by atoms with Crippen molar-refractivity contribution in [1.82, 2.24) is 5.32 Å². The highest BCUT2D eigenvalue weighted by molar-refractivity contribution is 6.53. The predicted octanol–water partition coefficient (Wildman–Crippen LogP) is 3.43. The third-order valence-electron chi connectivity index (χ3n) is 1.80. The SMILES string of the molecule is O=C1N[C]c2c(Cl)c(Cl)c(Cl)c(Cl)c21. The van der Waals surface area contributed by atoms with Gasteiger partial charge in [-0.2, -0.15) is 0 Å². The molecule has 72 valence electrons. The maximum Gasteiger partial charge on any atom is 0.254 e. The molecule has 1 aromatic rings. The number of rotatable bonds is 0. The lowest BCUT2D eigenvalue weighted by molar-refractivity contribution is 0.0975. The molecule has 0 spiro atoms. The van der Waals surface area contributed by atoms with Gasteiger partial charge in [0.2, 0.25) is 0 Å². The summed E-state index contributed by atoms with van der Waals surface area (Å²) >= 11 is 23.2. The van der Waals surface area contributed by atoms with E-state index >= 15 is 0 Å². The minimum atomic E-state index is -0.384. The number of hydrogen-bond donors (Lipinski definition) is 1. The Labute approximate surface area is 100 Å². The van der Waals surface area contributed by atoms with Gasteiger partial charge in [-0.05, 0) is 0 Å². The number of fused-ring (bicyclic) bond motifs is 1. The summed E-state index contributed by atoms with van der Waals surface area (Å²) in [6, 6.07) is 0. The second kappa shape index (κ2) is 3.46. The number of carbonyl (C=O) groups is 1. The third kappa shape index (κ3) is 1.29. The second-order valence-corrected chi connectivity index (χ2v) is 4.10. The zero-order chi connectivity index (χ0) is 10.5. The Hall–Kier alpha value is -0.150. The summed E-state index contributed by atoms with van der Waals surface area (Å²) in [5, 5.41) is 2.82. The van der Waals surface area contributed by atoms with Crippen molar-refractivity contribution in [2.24, 2.45) is 0 Å². The van der Waals surface area contributed by atoms with Crippen LogP contribution in [0.15, 0.2) is 0 Å². The Morgan fingerprint density at radius 3 is 2.14 bits per heavy atom. The van der Waals surface area contributed by atoms with Gasteiger partial charge in [-0.3, -0.25) is 4.79 Å². The third-order valence-corrected chi connectivity index (χ3v) is 3.60. The number of nitrogens with one attached hydrogen (secondary N) is 1. The summed E-state index contributed by atoms with van der Waals surface area (Å²) in [5.74, 6) is -0.384. The van der Waals surface area contributed by atoms with Gasteiger partial charge in [0.15, 0.2) is 0 Å². The lowest BCUT2D eigenvalue weighted by atomic mass is 10.1. The van der Waals surface area contributed by atoms with Gasteiger partial charge in [0.25, 0.3) is 5.91 Å². The molecular weight excluding hydrogens is 268 g/mol. The van der Waals surface area contributed by atoms with E-state index in [1.165, 1.54) is 0 Å². The molecule has 0 fully saturated rings. The summed E-state index contributed by atoms with van der Waals surface area (Å²) in [6.45, 7) is 2.57. The van der Waals surface area contributed by atoms with Gasteiger partial charge in [-0.25, -0.2) is 0 Å². The summed E-state index contributed by atoms with van der Waals surface area (Å²) in [6.07, 6.45) is 0. The Morgan fingerprint density at radius 2 is 1.50 bits per heavy atom.